The molecule has 7 heteroatoms. The van der Waals surface area contributed by atoms with Crippen LogP contribution in [-0.4, -0.2) is 50.9 Å². The van der Waals surface area contributed by atoms with Gasteiger partial charge in [-0.1, -0.05) is 12.1 Å². The van der Waals surface area contributed by atoms with Crippen molar-refractivity contribution in [2.75, 3.05) is 31.1 Å². The monoisotopic (exact) mass is 340 g/mol. The topological polar surface area (TPSA) is 49.6 Å². The summed E-state index contributed by atoms with van der Waals surface area (Å²) in [5.41, 5.74) is 1.78. The van der Waals surface area contributed by atoms with E-state index in [0.717, 1.165) is 49.0 Å². The summed E-state index contributed by atoms with van der Waals surface area (Å²) < 4.78 is 15.2. The lowest BCUT2D eigenvalue weighted by molar-refractivity contribution is 0.198. The normalized spacial score (nSPS) is 17.2. The van der Waals surface area contributed by atoms with Gasteiger partial charge in [0.2, 0.25) is 0 Å². The zero-order valence-electron chi connectivity index (χ0n) is 14.4. The summed E-state index contributed by atoms with van der Waals surface area (Å²) in [6.45, 7) is 7.64. The van der Waals surface area contributed by atoms with Gasteiger partial charge in [-0.25, -0.2) is 4.39 Å². The summed E-state index contributed by atoms with van der Waals surface area (Å²) in [6, 6.07) is 11.0. The van der Waals surface area contributed by atoms with E-state index in [-0.39, 0.29) is 11.9 Å². The molecule has 0 bridgehead atoms. The molecule has 25 heavy (non-hydrogen) atoms. The number of hydrogen-bond donors (Lipinski definition) is 0. The van der Waals surface area contributed by atoms with Gasteiger partial charge in [0, 0.05) is 32.2 Å². The van der Waals surface area contributed by atoms with E-state index in [2.05, 4.69) is 32.0 Å². The summed E-state index contributed by atoms with van der Waals surface area (Å²) in [6.07, 6.45) is 0. The smallest absolute Gasteiger partial charge is 0.178 e. The largest absolute Gasteiger partial charge is 0.353 e. The van der Waals surface area contributed by atoms with Gasteiger partial charge < -0.3 is 4.90 Å². The van der Waals surface area contributed by atoms with E-state index in [0.29, 0.717) is 0 Å². The molecule has 3 heterocycles. The second-order valence-electron chi connectivity index (χ2n) is 6.46. The Morgan fingerprint density at radius 1 is 1.04 bits per heavy atom. The molecule has 1 saturated heterocycles. The van der Waals surface area contributed by atoms with Crippen molar-refractivity contribution in [2.45, 2.75) is 19.9 Å². The van der Waals surface area contributed by atoms with Crippen LogP contribution in [0.1, 0.15) is 24.4 Å². The third-order valence-corrected chi connectivity index (χ3v) is 4.92. The number of aryl methyl sites for hydroxylation is 1. The maximum Gasteiger partial charge on any atom is 0.178 e. The molecule has 1 aliphatic rings. The lowest BCUT2D eigenvalue weighted by Gasteiger charge is -2.38. The highest BCUT2D eigenvalue weighted by molar-refractivity contribution is 5.46. The molecule has 2 aromatic heterocycles. The average molecular weight is 340 g/mol. The zero-order chi connectivity index (χ0) is 17.4. The van der Waals surface area contributed by atoms with Crippen molar-refractivity contribution >= 4 is 11.5 Å². The van der Waals surface area contributed by atoms with Gasteiger partial charge in [-0.2, -0.15) is 4.52 Å². The molecule has 1 atom stereocenters. The predicted octanol–water partition coefficient (Wildman–Crippen LogP) is 2.46. The molecule has 0 amide bonds. The fraction of sp³-hybridized carbons (Fsp3) is 0.389. The van der Waals surface area contributed by atoms with E-state index in [1.807, 2.05) is 25.1 Å². The lowest BCUT2D eigenvalue weighted by Crippen LogP contribution is -2.47. The molecule has 0 aliphatic carbocycles. The van der Waals surface area contributed by atoms with Crippen molar-refractivity contribution in [1.29, 1.82) is 0 Å². The van der Waals surface area contributed by atoms with Crippen LogP contribution in [0.5, 0.6) is 0 Å². The number of rotatable bonds is 3. The van der Waals surface area contributed by atoms with E-state index in [4.69, 9.17) is 0 Å². The van der Waals surface area contributed by atoms with Crippen molar-refractivity contribution in [3.63, 3.8) is 0 Å². The Labute approximate surface area is 145 Å². The molecule has 0 radical (unpaired) electrons. The molecule has 4 rings (SSSR count). The van der Waals surface area contributed by atoms with Crippen LogP contribution in [0.25, 0.3) is 5.65 Å². The Morgan fingerprint density at radius 2 is 1.84 bits per heavy atom. The fourth-order valence-electron chi connectivity index (χ4n) is 3.37. The van der Waals surface area contributed by atoms with Crippen LogP contribution >= 0.6 is 0 Å². The van der Waals surface area contributed by atoms with E-state index in [1.165, 1.54) is 6.07 Å². The summed E-state index contributed by atoms with van der Waals surface area (Å²) in [5, 5.41) is 12.8. The zero-order valence-corrected chi connectivity index (χ0v) is 14.4. The number of anilines is 1. The summed E-state index contributed by atoms with van der Waals surface area (Å²) >= 11 is 0. The SMILES string of the molecule is Cc1nnc2ccc(N3CCN(C(C)c4cccc(F)c4)CC3)nn12. The minimum absolute atomic E-state index is 0.176. The number of nitrogens with zero attached hydrogens (tertiary/aromatic N) is 6. The fourth-order valence-corrected chi connectivity index (χ4v) is 3.37. The molecule has 3 aromatic rings. The first kappa shape index (κ1) is 16.0. The van der Waals surface area contributed by atoms with Crippen LogP contribution in [0, 0.1) is 12.7 Å². The molecule has 1 aliphatic heterocycles. The maximum atomic E-state index is 13.5. The standard InChI is InChI=1S/C18H21FN6/c1-13(15-4-3-5-16(19)12-15)23-8-10-24(11-9-23)18-7-6-17-21-20-14(2)25(17)22-18/h3-7,12-13H,8-11H2,1-2H3. The van der Waals surface area contributed by atoms with Gasteiger partial charge in [-0.05, 0) is 43.7 Å². The van der Waals surface area contributed by atoms with Crippen LogP contribution in [0.2, 0.25) is 0 Å². The maximum absolute atomic E-state index is 13.5. The number of fused-ring (bicyclic) bond motifs is 1. The molecule has 0 spiro atoms. The van der Waals surface area contributed by atoms with Crippen molar-refractivity contribution in [3.8, 4) is 0 Å². The van der Waals surface area contributed by atoms with Crippen LogP contribution in [0.4, 0.5) is 10.2 Å². The number of aromatic nitrogens is 4. The lowest BCUT2D eigenvalue weighted by atomic mass is 10.1. The Morgan fingerprint density at radius 3 is 2.60 bits per heavy atom. The minimum Gasteiger partial charge on any atom is -0.353 e. The van der Waals surface area contributed by atoms with E-state index < -0.39 is 0 Å². The van der Waals surface area contributed by atoms with E-state index in [1.54, 1.807) is 16.6 Å². The highest BCUT2D eigenvalue weighted by Crippen LogP contribution is 2.23. The van der Waals surface area contributed by atoms with E-state index in [9.17, 15) is 4.39 Å². The third kappa shape index (κ3) is 3.07. The van der Waals surface area contributed by atoms with Gasteiger partial charge in [-0.15, -0.1) is 15.3 Å². The molecule has 1 aromatic carbocycles. The van der Waals surface area contributed by atoms with Crippen molar-refractivity contribution < 1.29 is 4.39 Å². The molecule has 0 saturated carbocycles. The van der Waals surface area contributed by atoms with E-state index >= 15 is 0 Å². The highest BCUT2D eigenvalue weighted by Gasteiger charge is 2.23. The molecule has 1 fully saturated rings. The summed E-state index contributed by atoms with van der Waals surface area (Å²) in [7, 11) is 0. The van der Waals surface area contributed by atoms with Crippen molar-refractivity contribution in [1.82, 2.24) is 24.7 Å². The number of halogens is 1. The van der Waals surface area contributed by atoms with Gasteiger partial charge in [0.15, 0.2) is 11.5 Å². The molecule has 130 valence electrons. The van der Waals surface area contributed by atoms with Crippen LogP contribution in [0.3, 0.4) is 0 Å². The Balaban J connectivity index is 1.46. The van der Waals surface area contributed by atoms with Crippen molar-refractivity contribution in [3.05, 3.63) is 53.6 Å². The molecular formula is C18H21FN6. The molecule has 0 N–H and O–H groups in total. The van der Waals surface area contributed by atoms with Crippen LogP contribution in [0.15, 0.2) is 36.4 Å². The Bertz CT molecular complexity index is 884. The van der Waals surface area contributed by atoms with Gasteiger partial charge >= 0.3 is 0 Å². The second kappa shape index (κ2) is 6.40. The third-order valence-electron chi connectivity index (χ3n) is 4.92. The molecular weight excluding hydrogens is 319 g/mol. The second-order valence-corrected chi connectivity index (χ2v) is 6.46. The minimum atomic E-state index is -0.176. The van der Waals surface area contributed by atoms with Crippen LogP contribution < -0.4 is 4.90 Å². The van der Waals surface area contributed by atoms with Gasteiger partial charge in [0.05, 0.1) is 0 Å². The Hall–Kier alpha value is -2.54. The molecule has 6 nitrogen and oxygen atoms in total. The van der Waals surface area contributed by atoms with Gasteiger partial charge in [0.25, 0.3) is 0 Å². The van der Waals surface area contributed by atoms with Gasteiger partial charge in [0.1, 0.15) is 11.6 Å². The van der Waals surface area contributed by atoms with Gasteiger partial charge in [-0.3, -0.25) is 4.90 Å². The highest BCUT2D eigenvalue weighted by atomic mass is 19.1. The first-order valence-electron chi connectivity index (χ1n) is 8.55. The van der Waals surface area contributed by atoms with Crippen molar-refractivity contribution in [2.24, 2.45) is 0 Å². The average Bonchev–Trinajstić information content (AvgIpc) is 3.02. The van der Waals surface area contributed by atoms with Crippen LogP contribution in [-0.2, 0) is 0 Å². The molecule has 1 unspecified atom stereocenters. The number of piperazine rings is 1. The Kier molecular flexibility index (Phi) is 4.09. The number of benzene rings is 1. The first-order chi connectivity index (χ1) is 12.1. The summed E-state index contributed by atoms with van der Waals surface area (Å²) in [4.78, 5) is 4.65. The first-order valence-corrected chi connectivity index (χ1v) is 8.55. The quantitative estimate of drug-likeness (QED) is 0.733. The number of hydrogen-bond acceptors (Lipinski definition) is 5. The predicted molar refractivity (Wildman–Crippen MR) is 94.1 cm³/mol. The summed E-state index contributed by atoms with van der Waals surface area (Å²) in [5.74, 6) is 1.55.